The summed E-state index contributed by atoms with van der Waals surface area (Å²) in [5.74, 6) is -0.678. The maximum absolute atomic E-state index is 12.6. The van der Waals surface area contributed by atoms with E-state index in [4.69, 9.17) is 0 Å². The molecule has 0 aliphatic rings. The molecule has 3 rings (SSSR count). The number of anilines is 1. The Labute approximate surface area is 162 Å². The van der Waals surface area contributed by atoms with Crippen LogP contribution in [0.4, 0.5) is 5.69 Å². The third-order valence-corrected chi connectivity index (χ3v) is 4.65. The summed E-state index contributed by atoms with van der Waals surface area (Å²) < 4.78 is 25.1. The van der Waals surface area contributed by atoms with Crippen molar-refractivity contribution in [1.29, 1.82) is 0 Å². The number of amides is 1. The van der Waals surface area contributed by atoms with Crippen molar-refractivity contribution in [1.82, 2.24) is 5.43 Å². The van der Waals surface area contributed by atoms with Gasteiger partial charge in [0.25, 0.3) is 5.91 Å². The Hall–Kier alpha value is -3.39. The minimum Gasteiger partial charge on any atom is -0.507 e. The number of carbonyl (C=O) groups excluding carboxylic acids is 1. The van der Waals surface area contributed by atoms with Crippen molar-refractivity contribution in [3.05, 3.63) is 71.8 Å². The fraction of sp³-hybridized carbons (Fsp3) is 0.100. The average Bonchev–Trinajstić information content (AvgIpc) is 2.64. The molecule has 0 aromatic heterocycles. The molecule has 0 aliphatic carbocycles. The van der Waals surface area contributed by atoms with Gasteiger partial charge < -0.3 is 5.11 Å². The molecule has 0 bridgehead atoms. The predicted molar refractivity (Wildman–Crippen MR) is 110 cm³/mol. The Balaban J connectivity index is 1.85. The number of hydrazone groups is 1. The number of nitrogens with zero attached hydrogens (tertiary/aromatic N) is 1. The Morgan fingerprint density at radius 1 is 1.04 bits per heavy atom. The van der Waals surface area contributed by atoms with Crippen molar-refractivity contribution in [2.75, 3.05) is 11.0 Å². The summed E-state index contributed by atoms with van der Waals surface area (Å²) in [6.45, 7) is 1.68. The van der Waals surface area contributed by atoms with E-state index in [0.717, 1.165) is 11.6 Å². The maximum atomic E-state index is 12.6. The van der Waals surface area contributed by atoms with Crippen LogP contribution in [0.1, 0.15) is 22.8 Å². The molecule has 0 heterocycles. The van der Waals surface area contributed by atoms with Crippen molar-refractivity contribution in [2.45, 2.75) is 6.92 Å². The van der Waals surface area contributed by atoms with E-state index in [1.807, 2.05) is 12.1 Å². The lowest BCUT2D eigenvalue weighted by Crippen LogP contribution is -2.20. The van der Waals surface area contributed by atoms with Gasteiger partial charge in [0.15, 0.2) is 0 Å². The van der Waals surface area contributed by atoms with E-state index >= 15 is 0 Å². The van der Waals surface area contributed by atoms with E-state index in [0.29, 0.717) is 22.3 Å². The number of aromatic hydroxyl groups is 1. The molecule has 3 aromatic carbocycles. The van der Waals surface area contributed by atoms with Gasteiger partial charge in [0.2, 0.25) is 10.0 Å². The lowest BCUT2D eigenvalue weighted by molar-refractivity contribution is 0.0954. The summed E-state index contributed by atoms with van der Waals surface area (Å²) in [4.78, 5) is 12.6. The summed E-state index contributed by atoms with van der Waals surface area (Å²) in [5.41, 5.74) is 4.10. The molecule has 0 radical (unpaired) electrons. The number of nitrogens with one attached hydrogen (secondary N) is 2. The second kappa shape index (κ2) is 7.69. The minimum atomic E-state index is -3.39. The first-order valence-electron chi connectivity index (χ1n) is 8.38. The Bertz CT molecular complexity index is 1190. The number of sulfonamides is 1. The summed E-state index contributed by atoms with van der Waals surface area (Å²) in [6.07, 6.45) is 1.07. The number of hydrogen-bond donors (Lipinski definition) is 3. The number of rotatable bonds is 5. The van der Waals surface area contributed by atoms with Crippen LogP contribution in [-0.2, 0) is 10.0 Å². The maximum Gasteiger partial charge on any atom is 0.275 e. The van der Waals surface area contributed by atoms with Crippen molar-refractivity contribution < 1.29 is 18.3 Å². The lowest BCUT2D eigenvalue weighted by Gasteiger charge is -2.09. The molecule has 0 saturated heterocycles. The van der Waals surface area contributed by atoms with Crippen LogP contribution in [0.2, 0.25) is 0 Å². The van der Waals surface area contributed by atoms with Crippen LogP contribution in [-0.4, -0.2) is 31.4 Å². The molecule has 3 N–H and O–H groups in total. The van der Waals surface area contributed by atoms with Gasteiger partial charge >= 0.3 is 0 Å². The molecular formula is C20H19N3O4S. The third-order valence-electron chi connectivity index (χ3n) is 4.04. The Kier molecular flexibility index (Phi) is 5.32. The fourth-order valence-corrected chi connectivity index (χ4v) is 3.33. The molecule has 0 atom stereocenters. The zero-order valence-corrected chi connectivity index (χ0v) is 16.1. The molecule has 0 aliphatic heterocycles. The van der Waals surface area contributed by atoms with E-state index in [1.54, 1.807) is 49.4 Å². The van der Waals surface area contributed by atoms with Crippen LogP contribution < -0.4 is 10.1 Å². The van der Waals surface area contributed by atoms with E-state index in [9.17, 15) is 18.3 Å². The molecule has 1 amide bonds. The molecule has 0 fully saturated rings. The number of fused-ring (bicyclic) bond motifs is 1. The van der Waals surface area contributed by atoms with E-state index in [2.05, 4.69) is 15.2 Å². The molecule has 0 saturated carbocycles. The van der Waals surface area contributed by atoms with E-state index in [1.165, 1.54) is 6.07 Å². The van der Waals surface area contributed by atoms with Crippen molar-refractivity contribution >= 4 is 38.1 Å². The first-order chi connectivity index (χ1) is 13.2. The highest BCUT2D eigenvalue weighted by molar-refractivity contribution is 7.92. The van der Waals surface area contributed by atoms with E-state index in [-0.39, 0.29) is 11.3 Å². The molecule has 28 heavy (non-hydrogen) atoms. The van der Waals surface area contributed by atoms with Gasteiger partial charge in [-0.25, -0.2) is 13.8 Å². The normalized spacial score (nSPS) is 12.0. The second-order valence-electron chi connectivity index (χ2n) is 6.27. The second-order valence-corrected chi connectivity index (χ2v) is 8.02. The highest BCUT2D eigenvalue weighted by Crippen LogP contribution is 2.26. The van der Waals surface area contributed by atoms with Gasteiger partial charge in [-0.2, -0.15) is 5.10 Å². The highest BCUT2D eigenvalue weighted by atomic mass is 32.2. The van der Waals surface area contributed by atoms with Crippen LogP contribution in [0.3, 0.4) is 0 Å². The topological polar surface area (TPSA) is 108 Å². The van der Waals surface area contributed by atoms with Gasteiger partial charge in [0.05, 0.1) is 17.5 Å². The van der Waals surface area contributed by atoms with Gasteiger partial charge in [-0.3, -0.25) is 9.52 Å². The Morgan fingerprint density at radius 3 is 2.54 bits per heavy atom. The van der Waals surface area contributed by atoms with Crippen molar-refractivity contribution in [2.24, 2.45) is 5.10 Å². The monoisotopic (exact) mass is 397 g/mol. The zero-order valence-electron chi connectivity index (χ0n) is 15.3. The largest absolute Gasteiger partial charge is 0.507 e. The van der Waals surface area contributed by atoms with Crippen LogP contribution >= 0.6 is 0 Å². The van der Waals surface area contributed by atoms with Gasteiger partial charge in [-0.1, -0.05) is 42.5 Å². The first-order valence-corrected chi connectivity index (χ1v) is 10.3. The number of carbonyl (C=O) groups is 1. The number of phenols is 1. The average molecular weight is 397 g/mol. The van der Waals surface area contributed by atoms with Crippen LogP contribution in [0.25, 0.3) is 10.8 Å². The van der Waals surface area contributed by atoms with Crippen LogP contribution in [0.5, 0.6) is 5.75 Å². The fourth-order valence-electron chi connectivity index (χ4n) is 2.78. The number of benzene rings is 3. The quantitative estimate of drug-likeness (QED) is 0.454. The van der Waals surface area contributed by atoms with E-state index < -0.39 is 15.9 Å². The molecule has 0 spiro atoms. The smallest absolute Gasteiger partial charge is 0.275 e. The number of phenolic OH excluding ortho intramolecular Hbond substituents is 1. The van der Waals surface area contributed by atoms with Crippen LogP contribution in [0.15, 0.2) is 65.8 Å². The first kappa shape index (κ1) is 19.4. The summed E-state index contributed by atoms with van der Waals surface area (Å²) in [6, 6.07) is 17.1. The molecule has 7 nitrogen and oxygen atoms in total. The third kappa shape index (κ3) is 4.47. The molecular weight excluding hydrogens is 378 g/mol. The highest BCUT2D eigenvalue weighted by Gasteiger charge is 2.15. The van der Waals surface area contributed by atoms with Crippen molar-refractivity contribution in [3.63, 3.8) is 0 Å². The van der Waals surface area contributed by atoms with Gasteiger partial charge in [-0.05, 0) is 41.5 Å². The molecule has 3 aromatic rings. The summed E-state index contributed by atoms with van der Waals surface area (Å²) in [7, 11) is -3.39. The zero-order chi connectivity index (χ0) is 20.3. The van der Waals surface area contributed by atoms with Gasteiger partial charge in [0.1, 0.15) is 5.75 Å². The lowest BCUT2D eigenvalue weighted by atomic mass is 10.0. The number of hydrogen-bond acceptors (Lipinski definition) is 5. The van der Waals surface area contributed by atoms with Gasteiger partial charge in [-0.15, -0.1) is 0 Å². The molecule has 144 valence electrons. The summed E-state index contributed by atoms with van der Waals surface area (Å²) in [5, 5.41) is 15.7. The SMILES string of the molecule is C/C(=N\NC(=O)c1c(O)ccc2ccccc12)c1cccc(NS(C)(=O)=O)c1. The standard InChI is InChI=1S/C20H19N3O4S/c1-13(15-7-5-8-16(12-15)23-28(2,26)27)21-22-20(25)19-17-9-4-3-6-14(17)10-11-18(19)24/h3-12,23-24H,1-2H3,(H,22,25)/b21-13+. The molecule has 8 heteroatoms. The summed E-state index contributed by atoms with van der Waals surface area (Å²) >= 11 is 0. The van der Waals surface area contributed by atoms with Crippen LogP contribution in [0, 0.1) is 0 Å². The van der Waals surface area contributed by atoms with Crippen molar-refractivity contribution in [3.8, 4) is 5.75 Å². The predicted octanol–water partition coefficient (Wildman–Crippen LogP) is 3.07. The molecule has 0 unspecified atom stereocenters. The minimum absolute atomic E-state index is 0.136. The van der Waals surface area contributed by atoms with Gasteiger partial charge in [0, 0.05) is 5.69 Å². The Morgan fingerprint density at radius 2 is 1.79 bits per heavy atom.